The topological polar surface area (TPSA) is 72.9 Å². The first-order valence-electron chi connectivity index (χ1n) is 8.27. The van der Waals surface area contributed by atoms with Crippen molar-refractivity contribution in [2.45, 2.75) is 32.7 Å². The summed E-state index contributed by atoms with van der Waals surface area (Å²) in [6.07, 6.45) is 0.598. The van der Waals surface area contributed by atoms with Gasteiger partial charge in [0, 0.05) is 12.1 Å². The van der Waals surface area contributed by atoms with Crippen LogP contribution >= 0.6 is 0 Å². The van der Waals surface area contributed by atoms with E-state index in [1.54, 1.807) is 0 Å². The van der Waals surface area contributed by atoms with Gasteiger partial charge in [-0.3, -0.25) is 9.69 Å². The average molecular weight is 351 g/mol. The number of rotatable bonds is 6. The van der Waals surface area contributed by atoms with E-state index in [0.717, 1.165) is 0 Å². The van der Waals surface area contributed by atoms with E-state index in [9.17, 15) is 18.8 Å². The van der Waals surface area contributed by atoms with Gasteiger partial charge >= 0.3 is 12.1 Å². The van der Waals surface area contributed by atoms with E-state index in [1.807, 2.05) is 13.8 Å². The van der Waals surface area contributed by atoms with Crippen molar-refractivity contribution in [2.75, 3.05) is 19.8 Å². The molecule has 0 spiro atoms. The molecular weight excluding hydrogens is 329 g/mol. The summed E-state index contributed by atoms with van der Waals surface area (Å²) < 4.78 is 23.1. The first-order chi connectivity index (χ1) is 11.9. The van der Waals surface area contributed by atoms with Crippen molar-refractivity contribution >= 4 is 17.8 Å². The number of hydrogen-bond donors (Lipinski definition) is 0. The maximum Gasteiger partial charge on any atom is 0.410 e. The highest BCUT2D eigenvalue weighted by Gasteiger charge is 2.36. The zero-order chi connectivity index (χ0) is 18.4. The standard InChI is InChI=1S/C18H22FNO5/c1-12(2)10-25-18(23)20-9-3-4-15(20)17(22)24-11-16(21)13-5-7-14(19)8-6-13/h5-8,12,15H,3-4,9-11H2,1-2H3/t15-/m0/s1. The zero-order valence-corrected chi connectivity index (χ0v) is 14.4. The highest BCUT2D eigenvalue weighted by molar-refractivity contribution is 5.98. The molecule has 6 nitrogen and oxygen atoms in total. The van der Waals surface area contributed by atoms with E-state index in [4.69, 9.17) is 9.47 Å². The van der Waals surface area contributed by atoms with E-state index in [0.29, 0.717) is 19.4 Å². The molecule has 0 saturated carbocycles. The fourth-order valence-electron chi connectivity index (χ4n) is 2.50. The molecule has 0 bridgehead atoms. The number of hydrogen-bond acceptors (Lipinski definition) is 5. The number of benzene rings is 1. The molecule has 1 atom stereocenters. The van der Waals surface area contributed by atoms with Crippen LogP contribution in [0.1, 0.15) is 37.0 Å². The summed E-state index contributed by atoms with van der Waals surface area (Å²) in [6.45, 7) is 4.09. The summed E-state index contributed by atoms with van der Waals surface area (Å²) in [7, 11) is 0. The molecule has 136 valence electrons. The predicted molar refractivity (Wildman–Crippen MR) is 87.6 cm³/mol. The van der Waals surface area contributed by atoms with Gasteiger partial charge < -0.3 is 9.47 Å². The lowest BCUT2D eigenvalue weighted by Crippen LogP contribution is -2.42. The zero-order valence-electron chi connectivity index (χ0n) is 14.4. The first kappa shape index (κ1) is 18.9. The molecule has 1 aliphatic heterocycles. The van der Waals surface area contributed by atoms with Crippen LogP contribution in [-0.4, -0.2) is 48.5 Å². The second-order valence-electron chi connectivity index (χ2n) is 6.36. The van der Waals surface area contributed by atoms with Gasteiger partial charge in [-0.15, -0.1) is 0 Å². The number of amides is 1. The van der Waals surface area contributed by atoms with Crippen molar-refractivity contribution < 1.29 is 28.2 Å². The van der Waals surface area contributed by atoms with Gasteiger partial charge in [-0.05, 0) is 43.0 Å². The maximum atomic E-state index is 12.9. The summed E-state index contributed by atoms with van der Waals surface area (Å²) in [5, 5.41) is 0. The molecule has 1 aromatic rings. The number of ether oxygens (including phenoxy) is 2. The number of Topliss-reactive ketones (excluding diaryl/α,β-unsaturated/α-hetero) is 1. The third kappa shape index (κ3) is 5.27. The van der Waals surface area contributed by atoms with Crippen LogP contribution < -0.4 is 0 Å². The molecule has 0 aliphatic carbocycles. The molecular formula is C18H22FNO5. The lowest BCUT2D eigenvalue weighted by molar-refractivity contribution is -0.147. The number of likely N-dealkylation sites (tertiary alicyclic amines) is 1. The number of halogens is 1. The van der Waals surface area contributed by atoms with Gasteiger partial charge in [-0.1, -0.05) is 13.8 Å². The summed E-state index contributed by atoms with van der Waals surface area (Å²) in [5.41, 5.74) is 0.258. The van der Waals surface area contributed by atoms with Crippen LogP contribution in [0, 0.1) is 11.7 Å². The minimum absolute atomic E-state index is 0.199. The average Bonchev–Trinajstić information content (AvgIpc) is 3.07. The van der Waals surface area contributed by atoms with Crippen molar-refractivity contribution in [3.63, 3.8) is 0 Å². The summed E-state index contributed by atoms with van der Waals surface area (Å²) in [6, 6.07) is 4.25. The van der Waals surface area contributed by atoms with Gasteiger partial charge in [0.25, 0.3) is 0 Å². The molecule has 0 N–H and O–H groups in total. The number of esters is 1. The van der Waals surface area contributed by atoms with Gasteiger partial charge in [0.15, 0.2) is 12.4 Å². The number of carbonyl (C=O) groups excluding carboxylic acids is 3. The van der Waals surface area contributed by atoms with E-state index in [1.165, 1.54) is 29.2 Å². The SMILES string of the molecule is CC(C)COC(=O)N1CCC[C@H]1C(=O)OCC(=O)c1ccc(F)cc1. The molecule has 0 radical (unpaired) electrons. The number of carbonyl (C=O) groups is 3. The molecule has 1 saturated heterocycles. The van der Waals surface area contributed by atoms with Crippen molar-refractivity contribution in [1.29, 1.82) is 0 Å². The Labute approximate surface area is 145 Å². The van der Waals surface area contributed by atoms with Gasteiger partial charge in [-0.2, -0.15) is 0 Å². The summed E-state index contributed by atoms with van der Waals surface area (Å²) in [4.78, 5) is 37.6. The van der Waals surface area contributed by atoms with Gasteiger partial charge in [-0.25, -0.2) is 14.0 Å². The highest BCUT2D eigenvalue weighted by Crippen LogP contribution is 2.20. The first-order valence-corrected chi connectivity index (χ1v) is 8.27. The molecule has 1 fully saturated rings. The number of ketones is 1. The quantitative estimate of drug-likeness (QED) is 0.582. The lowest BCUT2D eigenvalue weighted by Gasteiger charge is -2.23. The molecule has 1 amide bonds. The highest BCUT2D eigenvalue weighted by atomic mass is 19.1. The molecule has 25 heavy (non-hydrogen) atoms. The predicted octanol–water partition coefficient (Wildman–Crippen LogP) is 2.81. The van der Waals surface area contributed by atoms with Gasteiger partial charge in [0.1, 0.15) is 11.9 Å². The largest absolute Gasteiger partial charge is 0.456 e. The summed E-state index contributed by atoms with van der Waals surface area (Å²) >= 11 is 0. The van der Waals surface area contributed by atoms with E-state index in [-0.39, 0.29) is 18.1 Å². The molecule has 0 aromatic heterocycles. The third-order valence-electron chi connectivity index (χ3n) is 3.81. The van der Waals surface area contributed by atoms with E-state index >= 15 is 0 Å². The van der Waals surface area contributed by atoms with Crippen LogP contribution in [0.2, 0.25) is 0 Å². The fraction of sp³-hybridized carbons (Fsp3) is 0.500. The molecule has 1 heterocycles. The minimum Gasteiger partial charge on any atom is -0.456 e. The van der Waals surface area contributed by atoms with Crippen LogP contribution in [-0.2, 0) is 14.3 Å². The van der Waals surface area contributed by atoms with Crippen LogP contribution in [0.5, 0.6) is 0 Å². The van der Waals surface area contributed by atoms with Crippen LogP contribution in [0.15, 0.2) is 24.3 Å². The Bertz CT molecular complexity index is 629. The third-order valence-corrected chi connectivity index (χ3v) is 3.81. The van der Waals surface area contributed by atoms with Crippen molar-refractivity contribution in [2.24, 2.45) is 5.92 Å². The van der Waals surface area contributed by atoms with Crippen molar-refractivity contribution in [3.05, 3.63) is 35.6 Å². The monoisotopic (exact) mass is 351 g/mol. The van der Waals surface area contributed by atoms with E-state index in [2.05, 4.69) is 0 Å². The molecule has 1 aliphatic rings. The Morgan fingerprint density at radius 2 is 1.88 bits per heavy atom. The van der Waals surface area contributed by atoms with Crippen LogP contribution in [0.25, 0.3) is 0 Å². The Kier molecular flexibility index (Phi) is 6.50. The van der Waals surface area contributed by atoms with E-state index < -0.39 is 36.3 Å². The minimum atomic E-state index is -0.735. The fourth-order valence-corrected chi connectivity index (χ4v) is 2.50. The Hall–Kier alpha value is -2.44. The normalized spacial score (nSPS) is 16.8. The lowest BCUT2D eigenvalue weighted by atomic mass is 10.1. The van der Waals surface area contributed by atoms with Crippen LogP contribution in [0.4, 0.5) is 9.18 Å². The molecule has 7 heteroatoms. The van der Waals surface area contributed by atoms with Crippen molar-refractivity contribution in [3.8, 4) is 0 Å². The Morgan fingerprint density at radius 1 is 1.20 bits per heavy atom. The van der Waals surface area contributed by atoms with Gasteiger partial charge in [0.05, 0.1) is 6.61 Å². The second-order valence-corrected chi connectivity index (χ2v) is 6.36. The van der Waals surface area contributed by atoms with Crippen molar-refractivity contribution in [1.82, 2.24) is 4.90 Å². The Balaban J connectivity index is 1.87. The second kappa shape index (κ2) is 8.60. The maximum absolute atomic E-state index is 12.9. The number of nitrogens with zero attached hydrogens (tertiary/aromatic N) is 1. The summed E-state index contributed by atoms with van der Waals surface area (Å²) in [5.74, 6) is -1.31. The van der Waals surface area contributed by atoms with Crippen LogP contribution in [0.3, 0.4) is 0 Å². The molecule has 0 unspecified atom stereocenters. The Morgan fingerprint density at radius 3 is 2.52 bits per heavy atom. The van der Waals surface area contributed by atoms with Gasteiger partial charge in [0.2, 0.25) is 0 Å². The molecule has 2 rings (SSSR count). The molecule has 1 aromatic carbocycles. The smallest absolute Gasteiger partial charge is 0.410 e.